The number of carbonyl (C=O) groups is 1. The number of hydrogen-bond donors (Lipinski definition) is 0. The van der Waals surface area contributed by atoms with Crippen molar-refractivity contribution in [3.63, 3.8) is 0 Å². The lowest BCUT2D eigenvalue weighted by Crippen LogP contribution is -2.36. The van der Waals surface area contributed by atoms with Gasteiger partial charge in [-0.25, -0.2) is 8.42 Å². The molecule has 8 heteroatoms. The molecule has 0 saturated carbocycles. The Morgan fingerprint density at radius 3 is 2.38 bits per heavy atom. The summed E-state index contributed by atoms with van der Waals surface area (Å²) in [5.74, 6) is 0.179. The van der Waals surface area contributed by atoms with E-state index in [-0.39, 0.29) is 22.9 Å². The van der Waals surface area contributed by atoms with Gasteiger partial charge in [0.05, 0.1) is 17.6 Å². The molecule has 1 fully saturated rings. The smallest absolute Gasteiger partial charge is 0.257 e. The Labute approximate surface area is 177 Å². The zero-order chi connectivity index (χ0) is 21.0. The molecule has 0 spiro atoms. The zero-order valence-corrected chi connectivity index (χ0v) is 18.2. The van der Waals surface area contributed by atoms with Crippen LogP contribution in [0.5, 0.6) is 5.75 Å². The molecule has 0 radical (unpaired) electrons. The van der Waals surface area contributed by atoms with Crippen molar-refractivity contribution in [3.8, 4) is 5.75 Å². The number of hydrogen-bond acceptors (Lipinski definition) is 4. The summed E-state index contributed by atoms with van der Waals surface area (Å²) >= 11 is 5.89. The first-order valence-electron chi connectivity index (χ1n) is 9.51. The molecular weight excluding hydrogens is 412 g/mol. The van der Waals surface area contributed by atoms with Gasteiger partial charge >= 0.3 is 0 Å². The number of carbonyl (C=O) groups excluding carboxylic acids is 1. The predicted octanol–water partition coefficient (Wildman–Crippen LogP) is 3.80. The number of rotatable bonds is 6. The van der Waals surface area contributed by atoms with Gasteiger partial charge in [-0.1, -0.05) is 23.7 Å². The number of halogens is 1. The highest BCUT2D eigenvalue weighted by atomic mass is 35.5. The van der Waals surface area contributed by atoms with Crippen LogP contribution >= 0.6 is 11.6 Å². The van der Waals surface area contributed by atoms with Crippen molar-refractivity contribution in [2.45, 2.75) is 30.7 Å². The summed E-state index contributed by atoms with van der Waals surface area (Å²) in [6.07, 6.45) is 3.01. The Bertz CT molecular complexity index is 971. The molecule has 2 aromatic carbocycles. The molecule has 0 aromatic heterocycles. The third-order valence-electron chi connectivity index (χ3n) is 5.07. The number of sulfonamides is 1. The second-order valence-electron chi connectivity index (χ2n) is 7.10. The molecule has 0 unspecified atom stereocenters. The van der Waals surface area contributed by atoms with Gasteiger partial charge in [0.15, 0.2) is 0 Å². The molecule has 1 amide bonds. The Hall–Kier alpha value is -2.09. The van der Waals surface area contributed by atoms with Crippen LogP contribution in [0.3, 0.4) is 0 Å². The van der Waals surface area contributed by atoms with E-state index in [1.54, 1.807) is 35.2 Å². The van der Waals surface area contributed by atoms with Crippen molar-refractivity contribution >= 4 is 27.5 Å². The van der Waals surface area contributed by atoms with Crippen molar-refractivity contribution in [2.24, 2.45) is 0 Å². The van der Waals surface area contributed by atoms with Gasteiger partial charge in [-0.3, -0.25) is 4.79 Å². The van der Waals surface area contributed by atoms with Crippen LogP contribution in [0.4, 0.5) is 0 Å². The van der Waals surface area contributed by atoms with Crippen molar-refractivity contribution in [1.29, 1.82) is 0 Å². The molecule has 3 rings (SSSR count). The highest BCUT2D eigenvalue weighted by molar-refractivity contribution is 7.89. The largest absolute Gasteiger partial charge is 0.496 e. The molecule has 2 aromatic rings. The average molecular weight is 437 g/mol. The van der Waals surface area contributed by atoms with E-state index in [4.69, 9.17) is 16.3 Å². The van der Waals surface area contributed by atoms with Crippen molar-refractivity contribution < 1.29 is 17.9 Å². The summed E-state index contributed by atoms with van der Waals surface area (Å²) in [5, 5.41) is 0.593. The maximum absolute atomic E-state index is 13.1. The normalized spacial score (nSPS) is 14.8. The maximum atomic E-state index is 13.1. The van der Waals surface area contributed by atoms with E-state index < -0.39 is 10.0 Å². The van der Waals surface area contributed by atoms with E-state index in [1.807, 2.05) is 0 Å². The number of piperidine rings is 1. The van der Waals surface area contributed by atoms with Crippen LogP contribution in [-0.2, 0) is 16.6 Å². The summed E-state index contributed by atoms with van der Waals surface area (Å²) in [4.78, 5) is 14.8. The molecule has 0 bridgehead atoms. The molecule has 29 heavy (non-hydrogen) atoms. The molecule has 156 valence electrons. The minimum absolute atomic E-state index is 0.0649. The lowest BCUT2D eigenvalue weighted by molar-refractivity contribution is 0.0720. The molecule has 0 N–H and O–H groups in total. The van der Waals surface area contributed by atoms with Gasteiger partial charge < -0.3 is 9.64 Å². The van der Waals surface area contributed by atoms with Crippen LogP contribution in [0.15, 0.2) is 47.4 Å². The van der Waals surface area contributed by atoms with Crippen molar-refractivity contribution in [1.82, 2.24) is 9.21 Å². The standard InChI is InChI=1S/C21H25ClN2O4S/c1-23(15-16-6-8-17(22)9-7-16)29(26,27)18-10-11-20(28-2)19(14-18)21(25)24-12-4-3-5-13-24/h6-11,14H,3-5,12-13,15H2,1-2H3. The second-order valence-corrected chi connectivity index (χ2v) is 9.58. The van der Waals surface area contributed by atoms with Gasteiger partial charge in [0.25, 0.3) is 5.91 Å². The highest BCUT2D eigenvalue weighted by Crippen LogP contribution is 2.27. The molecular formula is C21H25ClN2O4S. The lowest BCUT2D eigenvalue weighted by Gasteiger charge is -2.27. The molecule has 1 heterocycles. The lowest BCUT2D eigenvalue weighted by atomic mass is 10.1. The second kappa shape index (κ2) is 9.15. The summed E-state index contributed by atoms with van der Waals surface area (Å²) < 4.78 is 32.8. The van der Waals surface area contributed by atoms with E-state index >= 15 is 0 Å². The van der Waals surface area contributed by atoms with E-state index in [0.717, 1.165) is 24.8 Å². The summed E-state index contributed by atoms with van der Waals surface area (Å²) in [6, 6.07) is 11.4. The Morgan fingerprint density at radius 2 is 1.76 bits per heavy atom. The number of amides is 1. The zero-order valence-electron chi connectivity index (χ0n) is 16.6. The molecule has 1 saturated heterocycles. The van der Waals surface area contributed by atoms with E-state index in [9.17, 15) is 13.2 Å². The fourth-order valence-corrected chi connectivity index (χ4v) is 4.71. The predicted molar refractivity (Wildman–Crippen MR) is 113 cm³/mol. The molecule has 1 aliphatic rings. The van der Waals surface area contributed by atoms with E-state index in [2.05, 4.69) is 0 Å². The minimum atomic E-state index is -3.78. The number of benzene rings is 2. The van der Waals surface area contributed by atoms with Crippen molar-refractivity contribution in [2.75, 3.05) is 27.2 Å². The quantitative estimate of drug-likeness (QED) is 0.690. The first-order chi connectivity index (χ1) is 13.8. The van der Waals surface area contributed by atoms with E-state index in [1.165, 1.54) is 30.6 Å². The minimum Gasteiger partial charge on any atom is -0.496 e. The van der Waals surface area contributed by atoms with Crippen LogP contribution in [0.2, 0.25) is 5.02 Å². The topological polar surface area (TPSA) is 66.9 Å². The number of nitrogens with zero attached hydrogens (tertiary/aromatic N) is 2. The average Bonchev–Trinajstić information content (AvgIpc) is 2.74. The number of likely N-dealkylation sites (tertiary alicyclic amines) is 1. The van der Waals surface area contributed by atoms with Gasteiger partial charge in [0, 0.05) is 31.7 Å². The van der Waals surface area contributed by atoms with Gasteiger partial charge in [-0.2, -0.15) is 4.31 Å². The number of methoxy groups -OCH3 is 1. The first-order valence-corrected chi connectivity index (χ1v) is 11.3. The third-order valence-corrected chi connectivity index (χ3v) is 7.12. The maximum Gasteiger partial charge on any atom is 0.257 e. The van der Waals surface area contributed by atoms with Crippen molar-refractivity contribution in [3.05, 3.63) is 58.6 Å². The van der Waals surface area contributed by atoms with Crippen LogP contribution in [0.1, 0.15) is 35.2 Å². The highest BCUT2D eigenvalue weighted by Gasteiger charge is 2.26. The monoisotopic (exact) mass is 436 g/mol. The fourth-order valence-electron chi connectivity index (χ4n) is 3.39. The van der Waals surface area contributed by atoms with E-state index in [0.29, 0.717) is 23.9 Å². The van der Waals surface area contributed by atoms with Gasteiger partial charge in [0.1, 0.15) is 5.75 Å². The van der Waals surface area contributed by atoms with Crippen LogP contribution in [-0.4, -0.2) is 50.8 Å². The Morgan fingerprint density at radius 1 is 1.10 bits per heavy atom. The van der Waals surface area contributed by atoms with Crippen LogP contribution < -0.4 is 4.74 Å². The summed E-state index contributed by atoms with van der Waals surface area (Å²) in [7, 11) is -0.795. The Balaban J connectivity index is 1.88. The van der Waals surface area contributed by atoms with Gasteiger partial charge in [-0.05, 0) is 55.2 Å². The van der Waals surface area contributed by atoms with Gasteiger partial charge in [-0.15, -0.1) is 0 Å². The molecule has 0 atom stereocenters. The third kappa shape index (κ3) is 4.91. The molecule has 1 aliphatic heterocycles. The molecule has 6 nitrogen and oxygen atoms in total. The molecule has 0 aliphatic carbocycles. The Kier molecular flexibility index (Phi) is 6.82. The van der Waals surface area contributed by atoms with Gasteiger partial charge in [0.2, 0.25) is 10.0 Å². The number of ether oxygens (including phenoxy) is 1. The SMILES string of the molecule is COc1ccc(S(=O)(=O)N(C)Cc2ccc(Cl)cc2)cc1C(=O)N1CCCCC1. The van der Waals surface area contributed by atoms with Crippen LogP contribution in [0.25, 0.3) is 0 Å². The van der Waals surface area contributed by atoms with Crippen LogP contribution in [0, 0.1) is 0 Å². The first kappa shape index (κ1) is 21.6. The fraction of sp³-hybridized carbons (Fsp3) is 0.381. The summed E-state index contributed by atoms with van der Waals surface area (Å²) in [6.45, 7) is 1.55. The summed E-state index contributed by atoms with van der Waals surface area (Å²) in [5.41, 5.74) is 1.09.